The van der Waals surface area contributed by atoms with Gasteiger partial charge in [0.15, 0.2) is 0 Å². The lowest BCUT2D eigenvalue weighted by Gasteiger charge is -2.20. The van der Waals surface area contributed by atoms with Gasteiger partial charge in [0.2, 0.25) is 5.13 Å². The maximum absolute atomic E-state index is 5.45. The van der Waals surface area contributed by atoms with E-state index in [-0.39, 0.29) is 5.54 Å². The molecule has 0 bridgehead atoms. The average Bonchev–Trinajstić information content (AvgIpc) is 2.65. The van der Waals surface area contributed by atoms with E-state index in [1.165, 1.54) is 11.5 Å². The van der Waals surface area contributed by atoms with E-state index in [0.717, 1.165) is 37.0 Å². The fraction of sp³-hybridized carbons (Fsp3) is 0.818. The fourth-order valence-corrected chi connectivity index (χ4v) is 2.57. The summed E-state index contributed by atoms with van der Waals surface area (Å²) in [5, 5.41) is 4.25. The minimum absolute atomic E-state index is 0.0415. The normalized spacial score (nSPS) is 22.1. The van der Waals surface area contributed by atoms with Crippen LogP contribution in [0.25, 0.3) is 0 Å². The lowest BCUT2D eigenvalue weighted by atomic mass is 10.0. The Bertz CT molecular complexity index is 339. The summed E-state index contributed by atoms with van der Waals surface area (Å²) in [5.41, 5.74) is 0.0415. The highest BCUT2D eigenvalue weighted by molar-refractivity contribution is 7.09. The predicted octanol–water partition coefficient (Wildman–Crippen LogP) is 2.64. The minimum Gasteiger partial charge on any atom is -0.381 e. The van der Waals surface area contributed by atoms with Gasteiger partial charge in [0, 0.05) is 29.6 Å². The first kappa shape index (κ1) is 11.8. The van der Waals surface area contributed by atoms with Crippen molar-refractivity contribution in [3.8, 4) is 0 Å². The van der Waals surface area contributed by atoms with E-state index >= 15 is 0 Å². The third-order valence-corrected chi connectivity index (χ3v) is 3.09. The number of nitrogens with zero attached hydrogens (tertiary/aromatic N) is 2. The monoisotopic (exact) mass is 241 g/mol. The van der Waals surface area contributed by atoms with Gasteiger partial charge in [-0.05, 0) is 33.6 Å². The molecule has 0 aliphatic carbocycles. The molecule has 1 aliphatic rings. The summed E-state index contributed by atoms with van der Waals surface area (Å²) in [7, 11) is 0. The lowest BCUT2D eigenvalue weighted by molar-refractivity contribution is 0.0784. The van der Waals surface area contributed by atoms with E-state index in [1.54, 1.807) is 0 Å². The summed E-state index contributed by atoms with van der Waals surface area (Å²) in [5.74, 6) is 1.33. The maximum Gasteiger partial charge on any atom is 0.202 e. The van der Waals surface area contributed by atoms with Crippen molar-refractivity contribution >= 4 is 16.7 Å². The molecule has 0 spiro atoms. The van der Waals surface area contributed by atoms with Crippen LogP contribution in [0.15, 0.2) is 0 Å². The molecule has 4 nitrogen and oxygen atoms in total. The van der Waals surface area contributed by atoms with Crippen LogP contribution in [0.4, 0.5) is 5.13 Å². The van der Waals surface area contributed by atoms with Crippen molar-refractivity contribution in [2.24, 2.45) is 0 Å². The van der Waals surface area contributed by atoms with Gasteiger partial charge in [-0.3, -0.25) is 0 Å². The second-order valence-electron chi connectivity index (χ2n) is 5.25. The van der Waals surface area contributed by atoms with Crippen molar-refractivity contribution in [1.29, 1.82) is 0 Å². The topological polar surface area (TPSA) is 47.0 Å². The first-order valence-corrected chi connectivity index (χ1v) is 6.51. The van der Waals surface area contributed by atoms with Gasteiger partial charge in [0.25, 0.3) is 0 Å². The van der Waals surface area contributed by atoms with Gasteiger partial charge in [-0.15, -0.1) is 0 Å². The fourth-order valence-electron chi connectivity index (χ4n) is 1.72. The Morgan fingerprint density at radius 3 is 2.88 bits per heavy atom. The Morgan fingerprint density at radius 1 is 1.44 bits per heavy atom. The molecule has 16 heavy (non-hydrogen) atoms. The number of hydrogen-bond acceptors (Lipinski definition) is 5. The molecular weight excluding hydrogens is 222 g/mol. The number of anilines is 1. The summed E-state index contributed by atoms with van der Waals surface area (Å²) < 4.78 is 9.86. The van der Waals surface area contributed by atoms with Crippen molar-refractivity contribution in [1.82, 2.24) is 9.36 Å². The van der Waals surface area contributed by atoms with Crippen LogP contribution in [0.2, 0.25) is 0 Å². The van der Waals surface area contributed by atoms with E-state index in [9.17, 15) is 0 Å². The van der Waals surface area contributed by atoms with E-state index < -0.39 is 0 Å². The van der Waals surface area contributed by atoms with Gasteiger partial charge in [-0.1, -0.05) is 0 Å². The van der Waals surface area contributed by atoms with Gasteiger partial charge in [0.05, 0.1) is 6.61 Å². The molecule has 1 saturated heterocycles. The zero-order valence-corrected chi connectivity index (χ0v) is 10.9. The average molecular weight is 241 g/mol. The van der Waals surface area contributed by atoms with Crippen molar-refractivity contribution < 1.29 is 4.74 Å². The third-order valence-electron chi connectivity index (χ3n) is 2.45. The highest BCUT2D eigenvalue weighted by Crippen LogP contribution is 2.26. The van der Waals surface area contributed by atoms with Crippen LogP contribution in [-0.4, -0.2) is 28.1 Å². The molecule has 1 aliphatic heterocycles. The number of nitrogens with one attached hydrogen (secondary N) is 1. The first-order chi connectivity index (χ1) is 7.54. The number of hydrogen-bond donors (Lipinski definition) is 1. The third kappa shape index (κ3) is 3.15. The molecule has 0 amide bonds. The van der Waals surface area contributed by atoms with Crippen molar-refractivity contribution in [3.05, 3.63) is 5.82 Å². The number of rotatable bonds is 2. The van der Waals surface area contributed by atoms with Crippen molar-refractivity contribution in [3.63, 3.8) is 0 Å². The highest BCUT2D eigenvalue weighted by atomic mass is 32.1. The Kier molecular flexibility index (Phi) is 3.44. The summed E-state index contributed by atoms with van der Waals surface area (Å²) in [4.78, 5) is 4.54. The molecule has 1 N–H and O–H groups in total. The van der Waals surface area contributed by atoms with Crippen LogP contribution in [0, 0.1) is 0 Å². The molecule has 2 heterocycles. The second kappa shape index (κ2) is 4.67. The SMILES string of the molecule is CC(C)(C)Nc1nc(C2CCCOC2)ns1. The molecule has 1 aromatic rings. The molecule has 90 valence electrons. The zero-order valence-electron chi connectivity index (χ0n) is 10.1. The van der Waals surface area contributed by atoms with E-state index in [2.05, 4.69) is 35.4 Å². The molecule has 1 atom stereocenters. The summed E-state index contributed by atoms with van der Waals surface area (Å²) >= 11 is 1.44. The predicted molar refractivity (Wildman–Crippen MR) is 66.1 cm³/mol. The van der Waals surface area contributed by atoms with Gasteiger partial charge in [-0.25, -0.2) is 4.98 Å². The molecule has 0 aromatic carbocycles. The van der Waals surface area contributed by atoms with E-state index in [0.29, 0.717) is 5.92 Å². The Labute approximate surface area is 101 Å². The molecule has 0 radical (unpaired) electrons. The highest BCUT2D eigenvalue weighted by Gasteiger charge is 2.21. The molecule has 1 fully saturated rings. The largest absolute Gasteiger partial charge is 0.381 e. The summed E-state index contributed by atoms with van der Waals surface area (Å²) in [6.45, 7) is 8.02. The van der Waals surface area contributed by atoms with Crippen LogP contribution in [0.5, 0.6) is 0 Å². The van der Waals surface area contributed by atoms with Crippen molar-refractivity contribution in [2.75, 3.05) is 18.5 Å². The quantitative estimate of drug-likeness (QED) is 0.864. The van der Waals surface area contributed by atoms with Crippen LogP contribution in [0.3, 0.4) is 0 Å². The van der Waals surface area contributed by atoms with Crippen LogP contribution < -0.4 is 5.32 Å². The van der Waals surface area contributed by atoms with Crippen LogP contribution in [-0.2, 0) is 4.74 Å². The van der Waals surface area contributed by atoms with Crippen LogP contribution >= 0.6 is 11.5 Å². The number of aromatic nitrogens is 2. The molecule has 0 saturated carbocycles. The van der Waals surface area contributed by atoms with E-state index in [4.69, 9.17) is 4.74 Å². The van der Waals surface area contributed by atoms with Gasteiger partial charge in [-0.2, -0.15) is 4.37 Å². The number of ether oxygens (including phenoxy) is 1. The molecular formula is C11H19N3OS. The van der Waals surface area contributed by atoms with Gasteiger partial charge < -0.3 is 10.1 Å². The first-order valence-electron chi connectivity index (χ1n) is 5.74. The minimum atomic E-state index is 0.0415. The zero-order chi connectivity index (χ0) is 11.6. The molecule has 5 heteroatoms. The van der Waals surface area contributed by atoms with Crippen molar-refractivity contribution in [2.45, 2.75) is 45.1 Å². The molecule has 2 rings (SSSR count). The van der Waals surface area contributed by atoms with E-state index in [1.807, 2.05) is 0 Å². The lowest BCUT2D eigenvalue weighted by Crippen LogP contribution is -2.26. The standard InChI is InChI=1S/C11H19N3OS/c1-11(2,3)13-10-12-9(14-16-10)8-5-4-6-15-7-8/h8H,4-7H2,1-3H3,(H,12,13,14). The summed E-state index contributed by atoms with van der Waals surface area (Å²) in [6, 6.07) is 0. The Balaban J connectivity index is 2.01. The molecule has 1 aromatic heterocycles. The van der Waals surface area contributed by atoms with Gasteiger partial charge in [0.1, 0.15) is 5.82 Å². The second-order valence-corrected chi connectivity index (χ2v) is 6.00. The van der Waals surface area contributed by atoms with Gasteiger partial charge >= 0.3 is 0 Å². The maximum atomic E-state index is 5.45. The Morgan fingerprint density at radius 2 is 2.25 bits per heavy atom. The Hall–Kier alpha value is -0.680. The molecule has 1 unspecified atom stereocenters. The smallest absolute Gasteiger partial charge is 0.202 e. The van der Waals surface area contributed by atoms with Crippen LogP contribution in [0.1, 0.15) is 45.4 Å². The summed E-state index contributed by atoms with van der Waals surface area (Å²) in [6.07, 6.45) is 2.26.